The van der Waals surface area contributed by atoms with E-state index in [-0.39, 0.29) is 24.0 Å². The maximum Gasteiger partial charge on any atom is 0.241 e. The van der Waals surface area contributed by atoms with E-state index in [0.717, 1.165) is 5.56 Å². The van der Waals surface area contributed by atoms with E-state index in [1.165, 1.54) is 0 Å². The second-order valence-corrected chi connectivity index (χ2v) is 4.83. The Bertz CT molecular complexity index is 346. The Hall–Kier alpha value is -1.35. The molecule has 0 aliphatic carbocycles. The van der Waals surface area contributed by atoms with Gasteiger partial charge in [0.1, 0.15) is 6.04 Å². The summed E-state index contributed by atoms with van der Waals surface area (Å²) >= 11 is 0. The van der Waals surface area contributed by atoms with Gasteiger partial charge in [0, 0.05) is 12.1 Å². The molecule has 3 nitrogen and oxygen atoms in total. The average Bonchev–Trinajstić information content (AvgIpc) is 2.25. The SMILES string of the molecule is CC(C)NC(=O)[C@H](NC(C)C)c1ccccc1. The van der Waals surface area contributed by atoms with Gasteiger partial charge in [-0.15, -0.1) is 0 Å². The summed E-state index contributed by atoms with van der Waals surface area (Å²) in [5.41, 5.74) is 0.999. The molecule has 2 N–H and O–H groups in total. The van der Waals surface area contributed by atoms with Gasteiger partial charge in [0.2, 0.25) is 5.91 Å². The van der Waals surface area contributed by atoms with Gasteiger partial charge in [-0.3, -0.25) is 10.1 Å². The largest absolute Gasteiger partial charge is 0.352 e. The highest BCUT2D eigenvalue weighted by molar-refractivity contribution is 5.83. The van der Waals surface area contributed by atoms with Crippen LogP contribution in [0.1, 0.15) is 39.3 Å². The Morgan fingerprint density at radius 3 is 2.06 bits per heavy atom. The minimum atomic E-state index is -0.279. The predicted octanol–water partition coefficient (Wildman–Crippen LogP) is 2.25. The molecule has 3 heteroatoms. The molecule has 1 aromatic rings. The quantitative estimate of drug-likeness (QED) is 0.820. The molecule has 0 aromatic heterocycles. The topological polar surface area (TPSA) is 41.1 Å². The van der Waals surface area contributed by atoms with Crippen molar-refractivity contribution in [3.05, 3.63) is 35.9 Å². The lowest BCUT2D eigenvalue weighted by Crippen LogP contribution is -2.42. The smallest absolute Gasteiger partial charge is 0.241 e. The summed E-state index contributed by atoms with van der Waals surface area (Å²) in [7, 11) is 0. The Morgan fingerprint density at radius 1 is 1.00 bits per heavy atom. The lowest BCUT2D eigenvalue weighted by Gasteiger charge is -2.22. The van der Waals surface area contributed by atoms with Crippen molar-refractivity contribution in [3.8, 4) is 0 Å². The van der Waals surface area contributed by atoms with Gasteiger partial charge in [0.25, 0.3) is 0 Å². The number of hydrogen-bond acceptors (Lipinski definition) is 2. The fourth-order valence-corrected chi connectivity index (χ4v) is 1.67. The molecule has 0 unspecified atom stereocenters. The van der Waals surface area contributed by atoms with Crippen LogP contribution >= 0.6 is 0 Å². The second kappa shape index (κ2) is 6.40. The van der Waals surface area contributed by atoms with E-state index in [2.05, 4.69) is 10.6 Å². The number of benzene rings is 1. The van der Waals surface area contributed by atoms with E-state index in [0.29, 0.717) is 0 Å². The molecule has 0 aliphatic heterocycles. The molecule has 1 aromatic carbocycles. The second-order valence-electron chi connectivity index (χ2n) is 4.83. The maximum atomic E-state index is 12.1. The van der Waals surface area contributed by atoms with Crippen LogP contribution in [-0.4, -0.2) is 18.0 Å². The number of hydrogen-bond donors (Lipinski definition) is 2. The molecule has 0 saturated heterocycles. The van der Waals surface area contributed by atoms with E-state index in [4.69, 9.17) is 0 Å². The Labute approximate surface area is 104 Å². The van der Waals surface area contributed by atoms with Crippen LogP contribution in [0.2, 0.25) is 0 Å². The minimum Gasteiger partial charge on any atom is -0.352 e. The molecule has 1 amide bonds. The molecule has 1 rings (SSSR count). The zero-order valence-electron chi connectivity index (χ0n) is 11.0. The van der Waals surface area contributed by atoms with E-state index in [9.17, 15) is 4.79 Å². The van der Waals surface area contributed by atoms with Crippen molar-refractivity contribution in [1.29, 1.82) is 0 Å². The summed E-state index contributed by atoms with van der Waals surface area (Å²) in [6.07, 6.45) is 0. The fourth-order valence-electron chi connectivity index (χ4n) is 1.67. The third-order valence-electron chi connectivity index (χ3n) is 2.33. The van der Waals surface area contributed by atoms with Crippen molar-refractivity contribution in [1.82, 2.24) is 10.6 Å². The molecule has 0 radical (unpaired) electrons. The molecular weight excluding hydrogens is 212 g/mol. The average molecular weight is 234 g/mol. The molecular formula is C14H22N2O. The van der Waals surface area contributed by atoms with Crippen LogP contribution in [0.4, 0.5) is 0 Å². The van der Waals surface area contributed by atoms with Crippen molar-refractivity contribution >= 4 is 5.91 Å². The standard InChI is InChI=1S/C14H22N2O/c1-10(2)15-13(14(17)16-11(3)4)12-8-6-5-7-9-12/h5-11,13,15H,1-4H3,(H,16,17)/t13-/m1/s1. The molecule has 0 aliphatic rings. The summed E-state index contributed by atoms with van der Waals surface area (Å²) in [5, 5.41) is 6.23. The molecule has 0 fully saturated rings. The van der Waals surface area contributed by atoms with E-state index in [1.807, 2.05) is 58.0 Å². The summed E-state index contributed by atoms with van der Waals surface area (Å²) < 4.78 is 0. The first-order valence-electron chi connectivity index (χ1n) is 6.12. The summed E-state index contributed by atoms with van der Waals surface area (Å²) in [5.74, 6) is 0.0277. The molecule has 94 valence electrons. The number of amides is 1. The third-order valence-corrected chi connectivity index (χ3v) is 2.33. The normalized spacial score (nSPS) is 12.8. The van der Waals surface area contributed by atoms with E-state index in [1.54, 1.807) is 0 Å². The van der Waals surface area contributed by atoms with Gasteiger partial charge in [-0.25, -0.2) is 0 Å². The Morgan fingerprint density at radius 2 is 1.59 bits per heavy atom. The number of rotatable bonds is 5. The molecule has 0 heterocycles. The van der Waals surface area contributed by atoms with Gasteiger partial charge in [0.05, 0.1) is 0 Å². The first kappa shape index (κ1) is 13.7. The van der Waals surface area contributed by atoms with Crippen LogP contribution in [0.3, 0.4) is 0 Å². The molecule has 1 atom stereocenters. The highest BCUT2D eigenvalue weighted by atomic mass is 16.2. The van der Waals surface area contributed by atoms with Gasteiger partial charge in [-0.05, 0) is 33.3 Å². The summed E-state index contributed by atoms with van der Waals surface area (Å²) in [6.45, 7) is 8.02. The molecule has 0 spiro atoms. The monoisotopic (exact) mass is 234 g/mol. The van der Waals surface area contributed by atoms with Crippen LogP contribution in [-0.2, 0) is 4.79 Å². The Kier molecular flexibility index (Phi) is 5.16. The van der Waals surface area contributed by atoms with Gasteiger partial charge in [-0.1, -0.05) is 30.3 Å². The van der Waals surface area contributed by atoms with Crippen molar-refractivity contribution in [3.63, 3.8) is 0 Å². The van der Waals surface area contributed by atoms with Gasteiger partial charge >= 0.3 is 0 Å². The predicted molar refractivity (Wildman–Crippen MR) is 70.7 cm³/mol. The van der Waals surface area contributed by atoms with Crippen molar-refractivity contribution in [2.75, 3.05) is 0 Å². The number of carbonyl (C=O) groups excluding carboxylic acids is 1. The van der Waals surface area contributed by atoms with Crippen molar-refractivity contribution < 1.29 is 4.79 Å². The third kappa shape index (κ3) is 4.57. The summed E-state index contributed by atoms with van der Waals surface area (Å²) in [6, 6.07) is 9.94. The number of carbonyl (C=O) groups is 1. The highest BCUT2D eigenvalue weighted by Gasteiger charge is 2.21. The zero-order chi connectivity index (χ0) is 12.8. The van der Waals surface area contributed by atoms with Gasteiger partial charge in [0.15, 0.2) is 0 Å². The lowest BCUT2D eigenvalue weighted by molar-refractivity contribution is -0.124. The van der Waals surface area contributed by atoms with Crippen LogP contribution in [0, 0.1) is 0 Å². The maximum absolute atomic E-state index is 12.1. The van der Waals surface area contributed by atoms with Crippen molar-refractivity contribution in [2.45, 2.75) is 45.8 Å². The molecule has 0 saturated carbocycles. The van der Waals surface area contributed by atoms with Crippen LogP contribution in [0.25, 0.3) is 0 Å². The van der Waals surface area contributed by atoms with Crippen LogP contribution in [0.15, 0.2) is 30.3 Å². The zero-order valence-corrected chi connectivity index (χ0v) is 11.0. The highest BCUT2D eigenvalue weighted by Crippen LogP contribution is 2.13. The fraction of sp³-hybridized carbons (Fsp3) is 0.500. The minimum absolute atomic E-state index is 0.0277. The van der Waals surface area contributed by atoms with E-state index >= 15 is 0 Å². The van der Waals surface area contributed by atoms with E-state index < -0.39 is 0 Å². The molecule has 17 heavy (non-hydrogen) atoms. The van der Waals surface area contributed by atoms with Crippen LogP contribution in [0.5, 0.6) is 0 Å². The molecule has 0 bridgehead atoms. The summed E-state index contributed by atoms with van der Waals surface area (Å²) in [4.78, 5) is 12.1. The first-order valence-corrected chi connectivity index (χ1v) is 6.12. The number of nitrogens with one attached hydrogen (secondary N) is 2. The van der Waals surface area contributed by atoms with Crippen LogP contribution < -0.4 is 10.6 Å². The van der Waals surface area contributed by atoms with Gasteiger partial charge in [-0.2, -0.15) is 0 Å². The van der Waals surface area contributed by atoms with Crippen molar-refractivity contribution in [2.24, 2.45) is 0 Å². The van der Waals surface area contributed by atoms with Gasteiger partial charge < -0.3 is 5.32 Å². The lowest BCUT2D eigenvalue weighted by atomic mass is 10.1. The first-order chi connectivity index (χ1) is 8.00. The Balaban J connectivity index is 2.84.